The van der Waals surface area contributed by atoms with Crippen molar-refractivity contribution in [3.63, 3.8) is 0 Å². The van der Waals surface area contributed by atoms with Crippen LogP contribution in [0.25, 0.3) is 0 Å². The number of rotatable bonds is 6. The van der Waals surface area contributed by atoms with Crippen LogP contribution in [0.4, 0.5) is 13.9 Å². The highest BCUT2D eigenvalue weighted by Crippen LogP contribution is 2.29. The summed E-state index contributed by atoms with van der Waals surface area (Å²) in [4.78, 5) is 27.2. The van der Waals surface area contributed by atoms with Crippen molar-refractivity contribution >= 4 is 28.2 Å². The number of ketones is 1. The predicted molar refractivity (Wildman–Crippen MR) is 79.7 cm³/mol. The van der Waals surface area contributed by atoms with E-state index in [2.05, 4.69) is 15.0 Å². The number of hydrogen-bond acceptors (Lipinski definition) is 6. The number of nitrogens with zero attached hydrogens (tertiary/aromatic N) is 1. The minimum absolute atomic E-state index is 0.00140. The summed E-state index contributed by atoms with van der Waals surface area (Å²) >= 11 is 1.10. The number of halogens is 2. The fourth-order valence-electron chi connectivity index (χ4n) is 1.66. The van der Waals surface area contributed by atoms with E-state index < -0.39 is 12.5 Å². The summed E-state index contributed by atoms with van der Waals surface area (Å²) in [5, 5.41) is 4.30. The molecule has 0 aliphatic heterocycles. The Morgan fingerprint density at radius 1 is 1.30 bits per heavy atom. The SMILES string of the molecule is COc1cc(C(=O)Nc2nc(C(C)=O)cs2)ccc1OC(F)F. The smallest absolute Gasteiger partial charge is 0.387 e. The third kappa shape index (κ3) is 4.22. The molecule has 0 bridgehead atoms. The number of carbonyl (C=O) groups is 2. The number of alkyl halides is 2. The molecule has 1 heterocycles. The van der Waals surface area contributed by atoms with Gasteiger partial charge in [-0.05, 0) is 18.2 Å². The molecule has 1 aromatic carbocycles. The van der Waals surface area contributed by atoms with E-state index >= 15 is 0 Å². The second kappa shape index (κ2) is 7.14. The molecule has 1 N–H and O–H groups in total. The Hall–Kier alpha value is -2.55. The Labute approximate surface area is 134 Å². The second-order valence-corrected chi connectivity index (χ2v) is 5.15. The van der Waals surface area contributed by atoms with Crippen LogP contribution in [0.5, 0.6) is 11.5 Å². The van der Waals surface area contributed by atoms with Crippen molar-refractivity contribution in [1.29, 1.82) is 0 Å². The zero-order chi connectivity index (χ0) is 17.0. The number of hydrogen-bond donors (Lipinski definition) is 1. The lowest BCUT2D eigenvalue weighted by atomic mass is 10.2. The molecular weight excluding hydrogens is 330 g/mol. The molecule has 1 amide bonds. The normalized spacial score (nSPS) is 10.5. The summed E-state index contributed by atoms with van der Waals surface area (Å²) in [6, 6.07) is 3.80. The number of carbonyl (C=O) groups excluding carboxylic acids is 2. The Morgan fingerprint density at radius 3 is 2.61 bits per heavy atom. The number of methoxy groups -OCH3 is 1. The minimum atomic E-state index is -3.00. The maximum atomic E-state index is 12.3. The van der Waals surface area contributed by atoms with Gasteiger partial charge in [0.25, 0.3) is 5.91 Å². The largest absolute Gasteiger partial charge is 0.493 e. The Kier molecular flexibility index (Phi) is 5.22. The highest BCUT2D eigenvalue weighted by molar-refractivity contribution is 7.14. The molecule has 0 aliphatic rings. The van der Waals surface area contributed by atoms with E-state index in [4.69, 9.17) is 4.74 Å². The van der Waals surface area contributed by atoms with Gasteiger partial charge in [-0.3, -0.25) is 14.9 Å². The first kappa shape index (κ1) is 16.8. The topological polar surface area (TPSA) is 77.5 Å². The van der Waals surface area contributed by atoms with Crippen molar-refractivity contribution in [2.24, 2.45) is 0 Å². The molecule has 0 saturated heterocycles. The number of ether oxygens (including phenoxy) is 2. The van der Waals surface area contributed by atoms with Gasteiger partial charge in [0.2, 0.25) is 0 Å². The molecule has 6 nitrogen and oxygen atoms in total. The van der Waals surface area contributed by atoms with Crippen LogP contribution in [0.1, 0.15) is 27.8 Å². The number of benzene rings is 1. The first-order valence-electron chi connectivity index (χ1n) is 6.31. The van der Waals surface area contributed by atoms with Crippen LogP contribution in [0.15, 0.2) is 23.6 Å². The van der Waals surface area contributed by atoms with Crippen LogP contribution in [0.2, 0.25) is 0 Å². The highest BCUT2D eigenvalue weighted by atomic mass is 32.1. The Bertz CT molecular complexity index is 733. The van der Waals surface area contributed by atoms with Gasteiger partial charge >= 0.3 is 6.61 Å². The van der Waals surface area contributed by atoms with Crippen LogP contribution in [0.3, 0.4) is 0 Å². The summed E-state index contributed by atoms with van der Waals surface area (Å²) in [6.45, 7) is -1.63. The Balaban J connectivity index is 2.16. The van der Waals surface area contributed by atoms with E-state index in [-0.39, 0.29) is 33.7 Å². The molecule has 0 fully saturated rings. The first-order chi connectivity index (χ1) is 10.9. The van der Waals surface area contributed by atoms with Gasteiger partial charge in [-0.2, -0.15) is 8.78 Å². The molecule has 0 spiro atoms. The van der Waals surface area contributed by atoms with E-state index in [9.17, 15) is 18.4 Å². The number of thiazole rings is 1. The third-order valence-electron chi connectivity index (χ3n) is 2.73. The lowest BCUT2D eigenvalue weighted by Crippen LogP contribution is -2.12. The molecule has 1 aromatic heterocycles. The maximum absolute atomic E-state index is 12.3. The quantitative estimate of drug-likeness (QED) is 0.816. The van der Waals surface area contributed by atoms with Gasteiger partial charge in [0, 0.05) is 17.9 Å². The fourth-order valence-corrected chi connectivity index (χ4v) is 2.41. The molecule has 0 atom stereocenters. The fraction of sp³-hybridized carbons (Fsp3) is 0.214. The molecule has 0 unspecified atom stereocenters. The van der Waals surface area contributed by atoms with Crippen molar-refractivity contribution in [1.82, 2.24) is 4.98 Å². The number of aromatic nitrogens is 1. The first-order valence-corrected chi connectivity index (χ1v) is 7.19. The van der Waals surface area contributed by atoms with Crippen molar-refractivity contribution < 1.29 is 27.8 Å². The molecule has 0 saturated carbocycles. The lowest BCUT2D eigenvalue weighted by Gasteiger charge is -2.11. The van der Waals surface area contributed by atoms with Crippen molar-refractivity contribution in [2.45, 2.75) is 13.5 Å². The Morgan fingerprint density at radius 2 is 2.04 bits per heavy atom. The maximum Gasteiger partial charge on any atom is 0.387 e. The van der Waals surface area contributed by atoms with Gasteiger partial charge in [0.05, 0.1) is 7.11 Å². The van der Waals surface area contributed by atoms with E-state index in [0.717, 1.165) is 11.3 Å². The predicted octanol–water partition coefficient (Wildman–Crippen LogP) is 3.21. The number of nitrogens with one attached hydrogen (secondary N) is 1. The van der Waals surface area contributed by atoms with E-state index in [1.807, 2.05) is 0 Å². The third-order valence-corrected chi connectivity index (χ3v) is 3.48. The number of amides is 1. The average Bonchev–Trinajstić information content (AvgIpc) is 2.95. The van der Waals surface area contributed by atoms with Crippen LogP contribution in [-0.4, -0.2) is 30.4 Å². The van der Waals surface area contributed by atoms with Gasteiger partial charge < -0.3 is 9.47 Å². The summed E-state index contributed by atoms with van der Waals surface area (Å²) in [6.07, 6.45) is 0. The number of anilines is 1. The molecule has 2 aromatic rings. The summed E-state index contributed by atoms with van der Waals surface area (Å²) in [5.74, 6) is -0.901. The van der Waals surface area contributed by atoms with Gasteiger partial charge in [0.15, 0.2) is 22.4 Å². The summed E-state index contributed by atoms with van der Waals surface area (Å²) in [7, 11) is 1.27. The highest BCUT2D eigenvalue weighted by Gasteiger charge is 2.15. The van der Waals surface area contributed by atoms with Gasteiger partial charge in [0.1, 0.15) is 5.69 Å². The van der Waals surface area contributed by atoms with E-state index in [1.165, 1.54) is 37.6 Å². The summed E-state index contributed by atoms with van der Waals surface area (Å²) < 4.78 is 33.7. The van der Waals surface area contributed by atoms with Crippen LogP contribution >= 0.6 is 11.3 Å². The monoisotopic (exact) mass is 342 g/mol. The summed E-state index contributed by atoms with van der Waals surface area (Å²) in [5.41, 5.74) is 0.423. The van der Waals surface area contributed by atoms with Crippen LogP contribution in [0, 0.1) is 0 Å². The van der Waals surface area contributed by atoms with Crippen LogP contribution < -0.4 is 14.8 Å². The zero-order valence-electron chi connectivity index (χ0n) is 12.1. The zero-order valence-corrected chi connectivity index (χ0v) is 12.9. The van der Waals surface area contributed by atoms with Crippen molar-refractivity contribution in [3.05, 3.63) is 34.8 Å². The van der Waals surface area contributed by atoms with Gasteiger partial charge in [-0.1, -0.05) is 0 Å². The van der Waals surface area contributed by atoms with Crippen molar-refractivity contribution in [3.8, 4) is 11.5 Å². The molecule has 23 heavy (non-hydrogen) atoms. The molecule has 122 valence electrons. The molecule has 0 radical (unpaired) electrons. The van der Waals surface area contributed by atoms with Gasteiger partial charge in [-0.15, -0.1) is 11.3 Å². The molecule has 2 rings (SSSR count). The van der Waals surface area contributed by atoms with E-state index in [1.54, 1.807) is 0 Å². The average molecular weight is 342 g/mol. The minimum Gasteiger partial charge on any atom is -0.493 e. The molecule has 0 aliphatic carbocycles. The molecule has 9 heteroatoms. The molecular formula is C14H12F2N2O4S. The lowest BCUT2D eigenvalue weighted by molar-refractivity contribution is -0.0512. The number of Topliss-reactive ketones (excluding diaryl/α,β-unsaturated/α-hetero) is 1. The van der Waals surface area contributed by atoms with Crippen LogP contribution in [-0.2, 0) is 0 Å². The van der Waals surface area contributed by atoms with E-state index in [0.29, 0.717) is 0 Å². The van der Waals surface area contributed by atoms with Crippen molar-refractivity contribution in [2.75, 3.05) is 12.4 Å². The second-order valence-electron chi connectivity index (χ2n) is 4.29. The standard InChI is InChI=1S/C14H12F2N2O4S/c1-7(19)9-6-23-14(17-9)18-12(20)8-3-4-10(22-13(15)16)11(5-8)21-2/h3-6,13H,1-2H3,(H,17,18,20). The van der Waals surface area contributed by atoms with Gasteiger partial charge in [-0.25, -0.2) is 4.98 Å².